The number of anilines is 1. The summed E-state index contributed by atoms with van der Waals surface area (Å²) in [6.45, 7) is 2.79. The van der Waals surface area contributed by atoms with E-state index >= 15 is 0 Å². The summed E-state index contributed by atoms with van der Waals surface area (Å²) in [4.78, 5) is 0. The second-order valence-electron chi connectivity index (χ2n) is 5.38. The predicted molar refractivity (Wildman–Crippen MR) is 90.0 cm³/mol. The first kappa shape index (κ1) is 15.1. The van der Waals surface area contributed by atoms with Gasteiger partial charge in [0.05, 0.1) is 0 Å². The molecule has 0 amide bonds. The quantitative estimate of drug-likeness (QED) is 0.831. The van der Waals surface area contributed by atoms with Gasteiger partial charge in [-0.2, -0.15) is 0 Å². The molecule has 2 aromatic rings. The van der Waals surface area contributed by atoms with Crippen LogP contribution in [-0.4, -0.2) is 12.1 Å². The van der Waals surface area contributed by atoms with Crippen molar-refractivity contribution in [3.63, 3.8) is 0 Å². The van der Waals surface area contributed by atoms with Gasteiger partial charge in [0.2, 0.25) is 0 Å². The maximum atomic E-state index is 5.98. The molecule has 106 valence electrons. The van der Waals surface area contributed by atoms with Crippen molar-refractivity contribution in [2.45, 2.75) is 25.3 Å². The molecule has 2 nitrogen and oxygen atoms in total. The van der Waals surface area contributed by atoms with Crippen LogP contribution < -0.4 is 11.1 Å². The van der Waals surface area contributed by atoms with Crippen LogP contribution in [0.5, 0.6) is 0 Å². The standard InChI is InChI=1S/C17H21BrN2/c1-17(13-19,12-11-14-5-3-2-4-6-14)20-16-9-7-15(18)8-10-16/h2-10,20H,11-13,19H2,1H3. The summed E-state index contributed by atoms with van der Waals surface area (Å²) in [7, 11) is 0. The first-order valence-corrected chi connectivity index (χ1v) is 7.68. The van der Waals surface area contributed by atoms with Gasteiger partial charge in [-0.15, -0.1) is 0 Å². The number of nitrogens with one attached hydrogen (secondary N) is 1. The van der Waals surface area contributed by atoms with Crippen LogP contribution in [0.4, 0.5) is 5.69 Å². The van der Waals surface area contributed by atoms with Crippen LogP contribution in [0.3, 0.4) is 0 Å². The predicted octanol–water partition coefficient (Wildman–Crippen LogP) is 4.21. The van der Waals surface area contributed by atoms with Crippen LogP contribution in [0.2, 0.25) is 0 Å². The molecule has 0 aliphatic heterocycles. The number of aryl methyl sites for hydroxylation is 1. The van der Waals surface area contributed by atoms with Gasteiger partial charge in [-0.25, -0.2) is 0 Å². The summed E-state index contributed by atoms with van der Waals surface area (Å²) in [5.74, 6) is 0. The molecule has 2 rings (SSSR count). The SMILES string of the molecule is CC(CN)(CCc1ccccc1)Nc1ccc(Br)cc1. The Labute approximate surface area is 129 Å². The highest BCUT2D eigenvalue weighted by Crippen LogP contribution is 2.21. The van der Waals surface area contributed by atoms with Gasteiger partial charge < -0.3 is 11.1 Å². The lowest BCUT2D eigenvalue weighted by Crippen LogP contribution is -2.42. The normalized spacial score (nSPS) is 13.8. The highest BCUT2D eigenvalue weighted by atomic mass is 79.9. The van der Waals surface area contributed by atoms with E-state index in [2.05, 4.69) is 64.6 Å². The van der Waals surface area contributed by atoms with E-state index in [0.29, 0.717) is 6.54 Å². The van der Waals surface area contributed by atoms with E-state index in [1.54, 1.807) is 0 Å². The van der Waals surface area contributed by atoms with Gasteiger partial charge in [-0.1, -0.05) is 46.3 Å². The first-order chi connectivity index (χ1) is 9.61. The highest BCUT2D eigenvalue weighted by Gasteiger charge is 2.21. The van der Waals surface area contributed by atoms with Gasteiger partial charge in [0.25, 0.3) is 0 Å². The Morgan fingerprint density at radius 3 is 2.30 bits per heavy atom. The van der Waals surface area contributed by atoms with Crippen molar-refractivity contribution in [1.82, 2.24) is 0 Å². The fraction of sp³-hybridized carbons (Fsp3) is 0.294. The number of halogens is 1. The Morgan fingerprint density at radius 2 is 1.70 bits per heavy atom. The van der Waals surface area contributed by atoms with Crippen molar-refractivity contribution in [2.75, 3.05) is 11.9 Å². The minimum absolute atomic E-state index is 0.0936. The molecule has 0 radical (unpaired) electrons. The molecule has 3 N–H and O–H groups in total. The van der Waals surface area contributed by atoms with Crippen LogP contribution in [0.15, 0.2) is 59.1 Å². The van der Waals surface area contributed by atoms with E-state index in [1.807, 2.05) is 18.2 Å². The maximum Gasteiger partial charge on any atom is 0.0470 e. The Kier molecular flexibility index (Phi) is 5.21. The van der Waals surface area contributed by atoms with E-state index in [-0.39, 0.29) is 5.54 Å². The molecule has 1 atom stereocenters. The summed E-state index contributed by atoms with van der Waals surface area (Å²) in [6, 6.07) is 18.8. The lowest BCUT2D eigenvalue weighted by molar-refractivity contribution is 0.483. The van der Waals surface area contributed by atoms with Crippen LogP contribution in [0.25, 0.3) is 0 Å². The van der Waals surface area contributed by atoms with Crippen molar-refractivity contribution in [3.05, 3.63) is 64.6 Å². The third-order valence-corrected chi connectivity index (χ3v) is 4.08. The molecule has 2 aromatic carbocycles. The van der Waals surface area contributed by atoms with Crippen molar-refractivity contribution < 1.29 is 0 Å². The number of hydrogen-bond acceptors (Lipinski definition) is 2. The molecule has 3 heteroatoms. The molecule has 0 aromatic heterocycles. The van der Waals surface area contributed by atoms with Gasteiger partial charge in [0.15, 0.2) is 0 Å². The van der Waals surface area contributed by atoms with E-state index < -0.39 is 0 Å². The van der Waals surface area contributed by atoms with Crippen LogP contribution in [0, 0.1) is 0 Å². The molecule has 0 fully saturated rings. The van der Waals surface area contributed by atoms with Gasteiger partial charge in [-0.3, -0.25) is 0 Å². The molecule has 0 aliphatic carbocycles. The summed E-state index contributed by atoms with van der Waals surface area (Å²) in [6.07, 6.45) is 2.03. The Balaban J connectivity index is 1.99. The van der Waals surface area contributed by atoms with Crippen molar-refractivity contribution in [3.8, 4) is 0 Å². The molecule has 0 bridgehead atoms. The van der Waals surface area contributed by atoms with Gasteiger partial charge >= 0.3 is 0 Å². The lowest BCUT2D eigenvalue weighted by atomic mass is 9.93. The van der Waals surface area contributed by atoms with Gasteiger partial charge in [-0.05, 0) is 49.6 Å². The molecule has 0 heterocycles. The second-order valence-corrected chi connectivity index (χ2v) is 6.30. The van der Waals surface area contributed by atoms with Crippen molar-refractivity contribution in [1.29, 1.82) is 0 Å². The highest BCUT2D eigenvalue weighted by molar-refractivity contribution is 9.10. The van der Waals surface area contributed by atoms with Crippen LogP contribution in [-0.2, 0) is 6.42 Å². The minimum atomic E-state index is -0.0936. The Bertz CT molecular complexity index is 524. The first-order valence-electron chi connectivity index (χ1n) is 6.89. The number of rotatable bonds is 6. The minimum Gasteiger partial charge on any atom is -0.379 e. The summed E-state index contributed by atoms with van der Waals surface area (Å²) < 4.78 is 1.08. The molecule has 0 aliphatic rings. The van der Waals surface area contributed by atoms with Crippen molar-refractivity contribution in [2.24, 2.45) is 5.73 Å². The smallest absolute Gasteiger partial charge is 0.0470 e. The van der Waals surface area contributed by atoms with E-state index in [1.165, 1.54) is 5.56 Å². The largest absolute Gasteiger partial charge is 0.379 e. The maximum absolute atomic E-state index is 5.98. The summed E-state index contributed by atoms with van der Waals surface area (Å²) >= 11 is 3.45. The molecule has 0 saturated heterocycles. The third-order valence-electron chi connectivity index (χ3n) is 3.55. The zero-order chi connectivity index (χ0) is 14.4. The van der Waals surface area contributed by atoms with Gasteiger partial charge in [0, 0.05) is 22.2 Å². The molecule has 20 heavy (non-hydrogen) atoms. The Hall–Kier alpha value is -1.32. The molecule has 0 saturated carbocycles. The zero-order valence-corrected chi connectivity index (χ0v) is 13.4. The summed E-state index contributed by atoms with van der Waals surface area (Å²) in [5.41, 5.74) is 8.34. The lowest BCUT2D eigenvalue weighted by Gasteiger charge is -2.31. The van der Waals surface area contributed by atoms with E-state index in [4.69, 9.17) is 5.73 Å². The molecular weight excluding hydrogens is 312 g/mol. The fourth-order valence-corrected chi connectivity index (χ4v) is 2.43. The number of hydrogen-bond donors (Lipinski definition) is 2. The van der Waals surface area contributed by atoms with E-state index in [0.717, 1.165) is 23.0 Å². The van der Waals surface area contributed by atoms with Gasteiger partial charge in [0.1, 0.15) is 0 Å². The Morgan fingerprint density at radius 1 is 1.05 bits per heavy atom. The number of nitrogens with two attached hydrogens (primary N) is 1. The average molecular weight is 333 g/mol. The van der Waals surface area contributed by atoms with E-state index in [9.17, 15) is 0 Å². The second kappa shape index (κ2) is 6.91. The molecule has 0 spiro atoms. The average Bonchev–Trinajstić information content (AvgIpc) is 2.49. The molecule has 1 unspecified atom stereocenters. The number of benzene rings is 2. The fourth-order valence-electron chi connectivity index (χ4n) is 2.16. The zero-order valence-electron chi connectivity index (χ0n) is 11.8. The van der Waals surface area contributed by atoms with Crippen molar-refractivity contribution >= 4 is 21.6 Å². The van der Waals surface area contributed by atoms with Crippen LogP contribution >= 0.6 is 15.9 Å². The monoisotopic (exact) mass is 332 g/mol. The molecular formula is C17H21BrN2. The third kappa shape index (κ3) is 4.36. The topological polar surface area (TPSA) is 38.0 Å². The van der Waals surface area contributed by atoms with Crippen LogP contribution in [0.1, 0.15) is 18.9 Å². The summed E-state index contributed by atoms with van der Waals surface area (Å²) in [5, 5.41) is 3.56.